The number of piperazine rings is 1. The Morgan fingerprint density at radius 1 is 1.18 bits per heavy atom. The van der Waals surface area contributed by atoms with Crippen LogP contribution in [0.25, 0.3) is 0 Å². The molecule has 0 spiro atoms. The highest BCUT2D eigenvalue weighted by molar-refractivity contribution is 7.12. The summed E-state index contributed by atoms with van der Waals surface area (Å²) in [5.41, 5.74) is 1.50. The molecule has 0 bridgehead atoms. The van der Waals surface area contributed by atoms with E-state index in [-0.39, 0.29) is 6.03 Å². The zero-order valence-corrected chi connectivity index (χ0v) is 17.3. The van der Waals surface area contributed by atoms with Crippen LogP contribution < -0.4 is 10.1 Å². The molecule has 1 aromatic carbocycles. The number of anilines is 1. The molecular weight excluding hydrogens is 402 g/mol. The van der Waals surface area contributed by atoms with Crippen molar-refractivity contribution < 1.29 is 19.1 Å². The number of carbonyl (C=O) groups is 2. The average molecular weight is 424 g/mol. The van der Waals surface area contributed by atoms with E-state index in [0.29, 0.717) is 35.2 Å². The Kier molecular flexibility index (Phi) is 6.77. The second-order valence-electron chi connectivity index (χ2n) is 6.30. The average Bonchev–Trinajstić information content (AvgIpc) is 3.16. The zero-order chi connectivity index (χ0) is 20.1. The highest BCUT2D eigenvalue weighted by Crippen LogP contribution is 2.25. The number of esters is 1. The van der Waals surface area contributed by atoms with Gasteiger partial charge in [-0.3, -0.25) is 4.90 Å². The largest absolute Gasteiger partial charge is 0.496 e. The number of amides is 2. The molecule has 0 atom stereocenters. The van der Waals surface area contributed by atoms with Crippen molar-refractivity contribution in [2.75, 3.05) is 45.7 Å². The number of methoxy groups -OCH3 is 2. The van der Waals surface area contributed by atoms with Crippen LogP contribution in [0.4, 0.5) is 10.5 Å². The van der Waals surface area contributed by atoms with Gasteiger partial charge in [0.1, 0.15) is 10.6 Å². The first-order valence-electron chi connectivity index (χ1n) is 8.78. The molecule has 1 saturated heterocycles. The number of nitrogens with one attached hydrogen (secondary N) is 1. The van der Waals surface area contributed by atoms with Gasteiger partial charge in [0.15, 0.2) is 0 Å². The van der Waals surface area contributed by atoms with E-state index in [1.165, 1.54) is 18.4 Å². The molecule has 0 radical (unpaired) electrons. The molecule has 2 amide bonds. The van der Waals surface area contributed by atoms with Crippen LogP contribution in [0, 0.1) is 0 Å². The Morgan fingerprint density at radius 3 is 2.61 bits per heavy atom. The minimum atomic E-state index is -0.453. The van der Waals surface area contributed by atoms with Crippen molar-refractivity contribution in [2.45, 2.75) is 6.54 Å². The quantitative estimate of drug-likeness (QED) is 0.745. The smallest absolute Gasteiger partial charge is 0.350 e. The van der Waals surface area contributed by atoms with Crippen LogP contribution in [-0.4, -0.2) is 62.2 Å². The van der Waals surface area contributed by atoms with Gasteiger partial charge in [0, 0.05) is 43.3 Å². The Hall–Kier alpha value is -2.29. The third-order valence-corrected chi connectivity index (χ3v) is 5.70. The molecule has 1 aliphatic heterocycles. The highest BCUT2D eigenvalue weighted by atomic mass is 35.5. The van der Waals surface area contributed by atoms with Crippen LogP contribution in [0.1, 0.15) is 15.2 Å². The molecule has 0 saturated carbocycles. The van der Waals surface area contributed by atoms with Crippen molar-refractivity contribution in [2.24, 2.45) is 0 Å². The van der Waals surface area contributed by atoms with Crippen molar-refractivity contribution in [1.82, 2.24) is 9.80 Å². The van der Waals surface area contributed by atoms with E-state index in [1.807, 2.05) is 12.1 Å². The summed E-state index contributed by atoms with van der Waals surface area (Å²) in [7, 11) is 2.96. The minimum absolute atomic E-state index is 0.219. The van der Waals surface area contributed by atoms with Gasteiger partial charge in [-0.1, -0.05) is 11.6 Å². The monoisotopic (exact) mass is 423 g/mol. The maximum absolute atomic E-state index is 12.6. The van der Waals surface area contributed by atoms with Crippen LogP contribution in [0.3, 0.4) is 0 Å². The number of benzene rings is 1. The fourth-order valence-electron chi connectivity index (χ4n) is 3.07. The second-order valence-corrected chi connectivity index (χ2v) is 7.66. The third-order valence-electron chi connectivity index (χ3n) is 4.57. The maximum Gasteiger partial charge on any atom is 0.350 e. The molecule has 28 heavy (non-hydrogen) atoms. The molecule has 1 fully saturated rings. The van der Waals surface area contributed by atoms with E-state index in [0.717, 1.165) is 24.4 Å². The van der Waals surface area contributed by atoms with Gasteiger partial charge in [-0.2, -0.15) is 0 Å². The fraction of sp³-hybridized carbons (Fsp3) is 0.368. The first kappa shape index (κ1) is 20.4. The fourth-order valence-corrected chi connectivity index (χ4v) is 4.03. The normalized spacial score (nSPS) is 14.6. The summed E-state index contributed by atoms with van der Waals surface area (Å²) in [5, 5.41) is 5.23. The summed E-state index contributed by atoms with van der Waals surface area (Å²) in [4.78, 5) is 28.7. The summed E-state index contributed by atoms with van der Waals surface area (Å²) in [6.45, 7) is 3.35. The van der Waals surface area contributed by atoms with Crippen LogP contribution in [-0.2, 0) is 11.3 Å². The number of nitrogens with zero attached hydrogens (tertiary/aromatic N) is 2. The second kappa shape index (κ2) is 9.27. The topological polar surface area (TPSA) is 71.1 Å². The number of hydrogen-bond acceptors (Lipinski definition) is 6. The molecule has 2 aromatic rings. The number of rotatable bonds is 5. The van der Waals surface area contributed by atoms with Crippen molar-refractivity contribution in [1.29, 1.82) is 0 Å². The lowest BCUT2D eigenvalue weighted by Gasteiger charge is -2.34. The van der Waals surface area contributed by atoms with Crippen molar-refractivity contribution >= 4 is 40.6 Å². The van der Waals surface area contributed by atoms with Crippen LogP contribution in [0.5, 0.6) is 5.75 Å². The van der Waals surface area contributed by atoms with Gasteiger partial charge in [-0.15, -0.1) is 11.3 Å². The summed E-state index contributed by atoms with van der Waals surface area (Å²) in [5.74, 6) is 0.350. The van der Waals surface area contributed by atoms with Crippen molar-refractivity contribution in [3.8, 4) is 5.75 Å². The van der Waals surface area contributed by atoms with E-state index in [1.54, 1.807) is 29.5 Å². The van der Waals surface area contributed by atoms with Crippen molar-refractivity contribution in [3.05, 3.63) is 45.1 Å². The van der Waals surface area contributed by atoms with E-state index in [9.17, 15) is 9.59 Å². The predicted molar refractivity (Wildman–Crippen MR) is 110 cm³/mol. The molecule has 1 aromatic heterocycles. The minimum Gasteiger partial charge on any atom is -0.496 e. The van der Waals surface area contributed by atoms with E-state index < -0.39 is 5.97 Å². The summed E-state index contributed by atoms with van der Waals surface area (Å²) >= 11 is 7.34. The summed E-state index contributed by atoms with van der Waals surface area (Å²) in [6.07, 6.45) is 0. The molecular formula is C19H22ClN3O4S. The number of ether oxygens (including phenoxy) is 2. The van der Waals surface area contributed by atoms with Gasteiger partial charge in [-0.05, 0) is 29.6 Å². The third kappa shape index (κ3) is 4.76. The zero-order valence-electron chi connectivity index (χ0n) is 15.7. The van der Waals surface area contributed by atoms with Crippen LogP contribution in [0.15, 0.2) is 29.6 Å². The SMILES string of the molecule is COC(=O)c1sccc1NC(=O)N1CCN(Cc2cc(Cl)ccc2OC)CC1. The summed E-state index contributed by atoms with van der Waals surface area (Å²) < 4.78 is 10.1. The lowest BCUT2D eigenvalue weighted by atomic mass is 10.1. The van der Waals surface area contributed by atoms with Gasteiger partial charge < -0.3 is 19.7 Å². The summed E-state index contributed by atoms with van der Waals surface area (Å²) in [6, 6.07) is 7.06. The molecule has 2 heterocycles. The number of carbonyl (C=O) groups excluding carboxylic acids is 2. The highest BCUT2D eigenvalue weighted by Gasteiger charge is 2.24. The Bertz CT molecular complexity index is 849. The van der Waals surface area contributed by atoms with Gasteiger partial charge in [0.2, 0.25) is 0 Å². The lowest BCUT2D eigenvalue weighted by molar-refractivity contribution is 0.0607. The lowest BCUT2D eigenvalue weighted by Crippen LogP contribution is -2.49. The predicted octanol–water partition coefficient (Wildman–Crippen LogP) is 3.55. The van der Waals surface area contributed by atoms with E-state index in [2.05, 4.69) is 10.2 Å². The molecule has 0 unspecified atom stereocenters. The van der Waals surface area contributed by atoms with Gasteiger partial charge in [0.05, 0.1) is 19.9 Å². The standard InChI is InChI=1S/C19H22ClN3O4S/c1-26-16-4-3-14(20)11-13(16)12-22-6-8-23(9-7-22)19(25)21-15-5-10-28-17(15)18(24)27-2/h3-5,10-11H,6-9,12H2,1-2H3,(H,21,25). The number of halogens is 1. The van der Waals surface area contributed by atoms with Gasteiger partial charge in [-0.25, -0.2) is 9.59 Å². The number of urea groups is 1. The van der Waals surface area contributed by atoms with Crippen LogP contribution >= 0.6 is 22.9 Å². The number of thiophene rings is 1. The van der Waals surface area contributed by atoms with E-state index in [4.69, 9.17) is 21.1 Å². The first-order chi connectivity index (χ1) is 13.5. The molecule has 7 nitrogen and oxygen atoms in total. The molecule has 150 valence electrons. The maximum atomic E-state index is 12.6. The molecule has 9 heteroatoms. The van der Waals surface area contributed by atoms with Gasteiger partial charge >= 0.3 is 12.0 Å². The van der Waals surface area contributed by atoms with Gasteiger partial charge in [0.25, 0.3) is 0 Å². The molecule has 3 rings (SSSR count). The first-order valence-corrected chi connectivity index (χ1v) is 10.0. The Balaban J connectivity index is 1.55. The molecule has 1 N–H and O–H groups in total. The van der Waals surface area contributed by atoms with Crippen molar-refractivity contribution in [3.63, 3.8) is 0 Å². The molecule has 1 aliphatic rings. The van der Waals surface area contributed by atoms with E-state index >= 15 is 0 Å². The molecule has 0 aliphatic carbocycles. The number of hydrogen-bond donors (Lipinski definition) is 1. The Morgan fingerprint density at radius 2 is 1.93 bits per heavy atom. The Labute approximate surface area is 172 Å². The van der Waals surface area contributed by atoms with Crippen LogP contribution in [0.2, 0.25) is 5.02 Å².